The van der Waals surface area contributed by atoms with Crippen LogP contribution < -0.4 is 0 Å². The molecule has 1 heterocycles. The quantitative estimate of drug-likeness (QED) is 0.404. The molecule has 2 fully saturated rings. The summed E-state index contributed by atoms with van der Waals surface area (Å²) in [6, 6.07) is 15.0. The molecule has 37 heavy (non-hydrogen) atoms. The first-order valence-corrected chi connectivity index (χ1v) is 14.3. The summed E-state index contributed by atoms with van der Waals surface area (Å²) in [5.74, 6) is 0.405. The molecule has 2 aliphatic carbocycles. The predicted octanol–water partition coefficient (Wildman–Crippen LogP) is 7.57. The first kappa shape index (κ1) is 26.2. The van der Waals surface area contributed by atoms with Crippen molar-refractivity contribution in [2.75, 3.05) is 26.3 Å². The normalized spacial score (nSPS) is 22.3. The van der Waals surface area contributed by atoms with Crippen molar-refractivity contribution in [3.05, 3.63) is 75.9 Å². The van der Waals surface area contributed by atoms with E-state index in [0.29, 0.717) is 29.2 Å². The Morgan fingerprint density at radius 3 is 2.57 bits per heavy atom. The second-order valence-corrected chi connectivity index (χ2v) is 12.5. The summed E-state index contributed by atoms with van der Waals surface area (Å²) in [7, 11) is 0. The van der Waals surface area contributed by atoms with Gasteiger partial charge in [0.2, 0.25) is 0 Å². The number of carboxylic acids is 1. The van der Waals surface area contributed by atoms with Gasteiger partial charge in [-0.15, -0.1) is 0 Å². The van der Waals surface area contributed by atoms with Crippen molar-refractivity contribution < 1.29 is 14.3 Å². The number of nitrogens with zero attached hydrogens (tertiary/aromatic N) is 1. The zero-order chi connectivity index (χ0) is 26.0. The zero-order valence-corrected chi connectivity index (χ0v) is 22.6. The van der Waals surface area contributed by atoms with Gasteiger partial charge in [0.25, 0.3) is 0 Å². The standard InChI is InChI=1S/C33H42FNO2/c1-33(2)15-4-7-28(20-33)29-8-3-6-26-19-27(32(36)37)13-14-30(26)31(29)25-11-9-23(10-12-25)18-24-21-35(22-24)17-5-16-34/h9-14,19,24,28H,3-8,15-18,20-22H2,1-2H3,(H,36,37). The van der Waals surface area contributed by atoms with Crippen LogP contribution in [0.3, 0.4) is 0 Å². The molecule has 3 nitrogen and oxygen atoms in total. The van der Waals surface area contributed by atoms with Crippen molar-refractivity contribution in [2.24, 2.45) is 17.3 Å². The number of rotatable bonds is 8. The summed E-state index contributed by atoms with van der Waals surface area (Å²) >= 11 is 0. The molecule has 1 atom stereocenters. The molecule has 0 amide bonds. The second-order valence-electron chi connectivity index (χ2n) is 12.5. The maximum Gasteiger partial charge on any atom is 0.335 e. The van der Waals surface area contributed by atoms with Gasteiger partial charge >= 0.3 is 5.97 Å². The Balaban J connectivity index is 1.45. The average Bonchev–Trinajstić information content (AvgIpc) is 3.04. The third-order valence-electron chi connectivity index (χ3n) is 8.94. The van der Waals surface area contributed by atoms with Crippen LogP contribution in [-0.4, -0.2) is 42.3 Å². The Hall–Kier alpha value is -2.46. The fourth-order valence-corrected chi connectivity index (χ4v) is 7.10. The molecule has 0 bridgehead atoms. The van der Waals surface area contributed by atoms with Crippen molar-refractivity contribution in [3.63, 3.8) is 0 Å². The van der Waals surface area contributed by atoms with Crippen molar-refractivity contribution in [1.82, 2.24) is 4.90 Å². The van der Waals surface area contributed by atoms with E-state index in [1.54, 1.807) is 11.6 Å². The number of hydrogen-bond acceptors (Lipinski definition) is 2. The predicted molar refractivity (Wildman–Crippen MR) is 149 cm³/mol. The lowest BCUT2D eigenvalue weighted by atomic mass is 9.68. The molecular formula is C33H42FNO2. The van der Waals surface area contributed by atoms with Crippen LogP contribution >= 0.6 is 0 Å². The van der Waals surface area contributed by atoms with E-state index in [4.69, 9.17) is 0 Å². The highest BCUT2D eigenvalue weighted by Crippen LogP contribution is 2.47. The minimum Gasteiger partial charge on any atom is -0.478 e. The maximum atomic E-state index is 12.5. The molecule has 2 aromatic rings. The smallest absolute Gasteiger partial charge is 0.335 e. The van der Waals surface area contributed by atoms with E-state index in [1.165, 1.54) is 53.5 Å². The minimum atomic E-state index is -0.851. The number of fused-ring (bicyclic) bond motifs is 1. The Kier molecular flexibility index (Phi) is 7.85. The van der Waals surface area contributed by atoms with E-state index < -0.39 is 5.97 Å². The Bertz CT molecular complexity index is 1140. The molecule has 198 valence electrons. The highest BCUT2D eigenvalue weighted by Gasteiger charge is 2.33. The molecule has 0 spiro atoms. The van der Waals surface area contributed by atoms with Crippen LogP contribution in [0.15, 0.2) is 48.0 Å². The van der Waals surface area contributed by atoms with Gasteiger partial charge in [0.05, 0.1) is 12.2 Å². The largest absolute Gasteiger partial charge is 0.478 e. The number of likely N-dealkylation sites (tertiary alicyclic amines) is 1. The first-order valence-electron chi connectivity index (χ1n) is 14.3. The molecule has 1 aliphatic heterocycles. The van der Waals surface area contributed by atoms with Gasteiger partial charge in [0, 0.05) is 19.6 Å². The first-order chi connectivity index (χ1) is 17.8. The van der Waals surface area contributed by atoms with E-state index in [-0.39, 0.29) is 6.67 Å². The van der Waals surface area contributed by atoms with Crippen LogP contribution in [0.4, 0.5) is 4.39 Å². The number of halogens is 1. The van der Waals surface area contributed by atoms with Crippen molar-refractivity contribution in [1.29, 1.82) is 0 Å². The molecule has 4 heteroatoms. The Morgan fingerprint density at radius 2 is 1.86 bits per heavy atom. The monoisotopic (exact) mass is 503 g/mol. The minimum absolute atomic E-state index is 0.223. The molecule has 1 unspecified atom stereocenters. The molecule has 1 saturated heterocycles. The lowest BCUT2D eigenvalue weighted by molar-refractivity contribution is 0.0696. The van der Waals surface area contributed by atoms with Gasteiger partial charge < -0.3 is 10.0 Å². The highest BCUT2D eigenvalue weighted by atomic mass is 19.1. The number of benzene rings is 2. The number of allylic oxidation sites excluding steroid dienone is 1. The van der Waals surface area contributed by atoms with E-state index >= 15 is 0 Å². The Labute approximate surface area is 221 Å². The van der Waals surface area contributed by atoms with Gasteiger partial charge in [0.1, 0.15) is 0 Å². The topological polar surface area (TPSA) is 40.5 Å². The van der Waals surface area contributed by atoms with Gasteiger partial charge in [0.15, 0.2) is 0 Å². The van der Waals surface area contributed by atoms with E-state index in [0.717, 1.165) is 45.3 Å². The summed E-state index contributed by atoms with van der Waals surface area (Å²) in [4.78, 5) is 14.1. The Morgan fingerprint density at radius 1 is 1.08 bits per heavy atom. The van der Waals surface area contributed by atoms with Gasteiger partial charge in [-0.3, -0.25) is 4.39 Å². The third kappa shape index (κ3) is 6.00. The number of alkyl halides is 1. The third-order valence-corrected chi connectivity index (χ3v) is 8.94. The van der Waals surface area contributed by atoms with Crippen LogP contribution in [0.5, 0.6) is 0 Å². The number of carboxylic acid groups (broad SMARTS) is 1. The average molecular weight is 504 g/mol. The van der Waals surface area contributed by atoms with Crippen LogP contribution in [0.2, 0.25) is 0 Å². The fourth-order valence-electron chi connectivity index (χ4n) is 7.10. The molecule has 2 aromatic carbocycles. The van der Waals surface area contributed by atoms with Crippen LogP contribution in [0, 0.1) is 17.3 Å². The zero-order valence-electron chi connectivity index (χ0n) is 22.6. The summed E-state index contributed by atoms with van der Waals surface area (Å²) < 4.78 is 12.5. The molecule has 1 N–H and O–H groups in total. The van der Waals surface area contributed by atoms with Crippen LogP contribution in [0.25, 0.3) is 5.57 Å². The van der Waals surface area contributed by atoms with Gasteiger partial charge in [-0.25, -0.2) is 4.79 Å². The van der Waals surface area contributed by atoms with Crippen LogP contribution in [-0.2, 0) is 12.8 Å². The number of hydrogen-bond donors (Lipinski definition) is 1. The summed E-state index contributed by atoms with van der Waals surface area (Å²) in [5.41, 5.74) is 8.75. The molecule has 1 saturated carbocycles. The van der Waals surface area contributed by atoms with Crippen molar-refractivity contribution in [2.45, 2.75) is 71.6 Å². The molecule has 3 aliphatic rings. The SMILES string of the molecule is CC1(C)CCCC(C2=C(c3ccc(CC4CN(CCCF)C4)cc3)c3ccc(C(=O)O)cc3CCC2)C1. The lowest BCUT2D eigenvalue weighted by Gasteiger charge is -2.39. The highest BCUT2D eigenvalue weighted by molar-refractivity contribution is 5.90. The molecule has 0 aromatic heterocycles. The van der Waals surface area contributed by atoms with Crippen LogP contribution in [0.1, 0.15) is 91.4 Å². The van der Waals surface area contributed by atoms with E-state index in [9.17, 15) is 14.3 Å². The lowest BCUT2D eigenvalue weighted by Crippen LogP contribution is -2.47. The van der Waals surface area contributed by atoms with Crippen molar-refractivity contribution >= 4 is 11.5 Å². The van der Waals surface area contributed by atoms with Gasteiger partial charge in [-0.05, 0) is 109 Å². The molecule has 0 radical (unpaired) electrons. The summed E-state index contributed by atoms with van der Waals surface area (Å²) in [6.07, 6.45) is 9.87. The number of carbonyl (C=O) groups is 1. The fraction of sp³-hybridized carbons (Fsp3) is 0.545. The van der Waals surface area contributed by atoms with Gasteiger partial charge in [-0.1, -0.05) is 56.2 Å². The van der Waals surface area contributed by atoms with E-state index in [2.05, 4.69) is 49.1 Å². The molecule has 5 rings (SSSR count). The summed E-state index contributed by atoms with van der Waals surface area (Å²) in [5, 5.41) is 9.61. The van der Waals surface area contributed by atoms with Crippen molar-refractivity contribution in [3.8, 4) is 0 Å². The van der Waals surface area contributed by atoms with Gasteiger partial charge in [-0.2, -0.15) is 0 Å². The summed E-state index contributed by atoms with van der Waals surface area (Å²) in [6.45, 7) is 7.64. The molecular weight excluding hydrogens is 461 g/mol. The number of aromatic carboxylic acids is 1. The second kappa shape index (κ2) is 11.1. The number of aryl methyl sites for hydroxylation is 1. The van der Waals surface area contributed by atoms with E-state index in [1.807, 2.05) is 6.07 Å². The maximum absolute atomic E-state index is 12.5.